The summed E-state index contributed by atoms with van der Waals surface area (Å²) in [6.07, 6.45) is -7.41. The third-order valence-electron chi connectivity index (χ3n) is 4.05. The van der Waals surface area contributed by atoms with Crippen LogP contribution in [-0.2, 0) is 18.9 Å². The van der Waals surface area contributed by atoms with E-state index in [0.29, 0.717) is 6.61 Å². The monoisotopic (exact) mass is 338 g/mol. The van der Waals surface area contributed by atoms with E-state index in [-0.39, 0.29) is 19.4 Å². The van der Waals surface area contributed by atoms with Crippen LogP contribution in [0.5, 0.6) is 0 Å². The van der Waals surface area contributed by atoms with E-state index in [1.165, 1.54) is 0 Å². The van der Waals surface area contributed by atoms with Gasteiger partial charge in [-0.2, -0.15) is 0 Å². The first kappa shape index (κ1) is 19.0. The van der Waals surface area contributed by atoms with E-state index in [2.05, 4.69) is 0 Å². The molecule has 0 amide bonds. The normalized spacial score (nSPS) is 45.1. The minimum Gasteiger partial charge on any atom is -0.394 e. The van der Waals surface area contributed by atoms with Crippen LogP contribution in [0.2, 0.25) is 0 Å². The van der Waals surface area contributed by atoms with Crippen molar-refractivity contribution in [1.29, 1.82) is 0 Å². The highest BCUT2D eigenvalue weighted by molar-refractivity contribution is 4.85. The van der Waals surface area contributed by atoms with Crippen molar-refractivity contribution < 1.29 is 44.5 Å². The molecule has 2 aliphatic rings. The van der Waals surface area contributed by atoms with E-state index in [0.717, 1.165) is 0 Å². The lowest BCUT2D eigenvalue weighted by atomic mass is 10.0. The molecule has 0 aromatic heterocycles. The zero-order valence-electron chi connectivity index (χ0n) is 13.0. The van der Waals surface area contributed by atoms with Crippen LogP contribution < -0.4 is 0 Å². The number of rotatable bonds is 6. The minimum absolute atomic E-state index is 0.0257. The summed E-state index contributed by atoms with van der Waals surface area (Å²) in [6.45, 7) is 1.66. The molecular formula is C14H26O9. The van der Waals surface area contributed by atoms with Crippen molar-refractivity contribution in [2.75, 3.05) is 19.8 Å². The number of aliphatic hydroxyl groups is 5. The average molecular weight is 338 g/mol. The van der Waals surface area contributed by atoms with Crippen LogP contribution in [0.25, 0.3) is 0 Å². The molecule has 0 saturated carbocycles. The van der Waals surface area contributed by atoms with Crippen LogP contribution in [0.3, 0.4) is 0 Å². The summed E-state index contributed by atoms with van der Waals surface area (Å²) < 4.78 is 21.6. The van der Waals surface area contributed by atoms with E-state index in [1.54, 1.807) is 6.92 Å². The Morgan fingerprint density at radius 3 is 1.96 bits per heavy atom. The van der Waals surface area contributed by atoms with Crippen LogP contribution in [-0.4, -0.2) is 94.6 Å². The highest BCUT2D eigenvalue weighted by Gasteiger charge is 2.40. The summed E-state index contributed by atoms with van der Waals surface area (Å²) in [4.78, 5) is 0. The Morgan fingerprint density at radius 1 is 0.870 bits per heavy atom. The van der Waals surface area contributed by atoms with Gasteiger partial charge in [-0.25, -0.2) is 0 Å². The van der Waals surface area contributed by atoms with E-state index in [1.807, 2.05) is 0 Å². The van der Waals surface area contributed by atoms with Gasteiger partial charge in [0.25, 0.3) is 0 Å². The van der Waals surface area contributed by atoms with E-state index in [9.17, 15) is 20.4 Å². The van der Waals surface area contributed by atoms with Crippen molar-refractivity contribution in [3.05, 3.63) is 0 Å². The topological polar surface area (TPSA) is 138 Å². The van der Waals surface area contributed by atoms with Gasteiger partial charge in [0.2, 0.25) is 0 Å². The molecule has 9 heteroatoms. The lowest BCUT2D eigenvalue weighted by Gasteiger charge is -2.39. The van der Waals surface area contributed by atoms with Gasteiger partial charge < -0.3 is 44.5 Å². The minimum atomic E-state index is -1.18. The van der Waals surface area contributed by atoms with Gasteiger partial charge in [0.05, 0.1) is 25.4 Å². The van der Waals surface area contributed by atoms with E-state index >= 15 is 0 Å². The molecule has 2 saturated heterocycles. The molecule has 0 spiro atoms. The summed E-state index contributed by atoms with van der Waals surface area (Å²) in [5, 5.41) is 48.3. The van der Waals surface area contributed by atoms with Gasteiger partial charge in [-0.3, -0.25) is 0 Å². The molecule has 0 bridgehead atoms. The summed E-state index contributed by atoms with van der Waals surface area (Å²) in [5.41, 5.74) is 0. The first-order chi connectivity index (χ1) is 11.0. The molecule has 5 N–H and O–H groups in total. The van der Waals surface area contributed by atoms with Crippen molar-refractivity contribution in [2.45, 2.75) is 69.0 Å². The third kappa shape index (κ3) is 4.81. The Labute approximate surface area is 134 Å². The molecule has 136 valence electrons. The van der Waals surface area contributed by atoms with Gasteiger partial charge in [0, 0.05) is 19.4 Å². The summed E-state index contributed by atoms with van der Waals surface area (Å²) >= 11 is 0. The first-order valence-electron chi connectivity index (χ1n) is 7.83. The molecular weight excluding hydrogens is 312 g/mol. The number of ether oxygens (including phenoxy) is 4. The van der Waals surface area contributed by atoms with Gasteiger partial charge in [0.15, 0.2) is 12.6 Å². The Kier molecular flexibility index (Phi) is 7.14. The molecule has 3 unspecified atom stereocenters. The van der Waals surface area contributed by atoms with E-state index in [4.69, 9.17) is 24.1 Å². The third-order valence-corrected chi connectivity index (χ3v) is 4.05. The highest BCUT2D eigenvalue weighted by Crippen LogP contribution is 2.25. The molecule has 8 atom stereocenters. The van der Waals surface area contributed by atoms with E-state index < -0.39 is 55.8 Å². The highest BCUT2D eigenvalue weighted by atomic mass is 16.7. The van der Waals surface area contributed by atoms with Crippen molar-refractivity contribution in [2.24, 2.45) is 0 Å². The number of hydrogen-bond acceptors (Lipinski definition) is 9. The van der Waals surface area contributed by atoms with Crippen molar-refractivity contribution >= 4 is 0 Å². The fourth-order valence-corrected chi connectivity index (χ4v) is 2.72. The maximum Gasteiger partial charge on any atom is 0.160 e. The Balaban J connectivity index is 1.86. The van der Waals surface area contributed by atoms with Gasteiger partial charge in [-0.1, -0.05) is 0 Å². The lowest BCUT2D eigenvalue weighted by molar-refractivity contribution is -0.291. The van der Waals surface area contributed by atoms with Gasteiger partial charge in [0.1, 0.15) is 24.4 Å². The second-order valence-electron chi connectivity index (χ2n) is 5.77. The zero-order chi connectivity index (χ0) is 17.0. The standard InChI is InChI=1S/C14H26O9/c1-2-20-11-3-8(17)14(19)10(23-11)6-21-12-4-7(16)13(18)9(5-15)22-12/h7-19H,2-6H2,1H3/t7?,8-,9?,10?,11+,12+,13+,14+/m1/s1. The van der Waals surface area contributed by atoms with Crippen molar-refractivity contribution in [3.63, 3.8) is 0 Å². The molecule has 0 aromatic rings. The first-order valence-corrected chi connectivity index (χ1v) is 7.83. The molecule has 2 rings (SSSR count). The fourth-order valence-electron chi connectivity index (χ4n) is 2.72. The fraction of sp³-hybridized carbons (Fsp3) is 1.00. The predicted molar refractivity (Wildman–Crippen MR) is 75.2 cm³/mol. The zero-order valence-corrected chi connectivity index (χ0v) is 13.0. The number of hydrogen-bond donors (Lipinski definition) is 5. The van der Waals surface area contributed by atoms with Crippen molar-refractivity contribution in [1.82, 2.24) is 0 Å². The molecule has 2 heterocycles. The van der Waals surface area contributed by atoms with Crippen LogP contribution in [0, 0.1) is 0 Å². The Morgan fingerprint density at radius 2 is 1.39 bits per heavy atom. The molecule has 0 radical (unpaired) electrons. The maximum atomic E-state index is 9.96. The quantitative estimate of drug-likeness (QED) is 0.362. The van der Waals surface area contributed by atoms with Crippen LogP contribution in [0.15, 0.2) is 0 Å². The summed E-state index contributed by atoms with van der Waals surface area (Å²) in [6, 6.07) is 0. The smallest absolute Gasteiger partial charge is 0.160 e. The van der Waals surface area contributed by atoms with Crippen LogP contribution in [0.4, 0.5) is 0 Å². The molecule has 2 fully saturated rings. The lowest BCUT2D eigenvalue weighted by Crippen LogP contribution is -2.53. The Hall–Kier alpha value is -0.360. The van der Waals surface area contributed by atoms with Gasteiger partial charge in [-0.05, 0) is 6.92 Å². The average Bonchev–Trinajstić information content (AvgIpc) is 2.52. The molecule has 9 nitrogen and oxygen atoms in total. The van der Waals surface area contributed by atoms with Gasteiger partial charge >= 0.3 is 0 Å². The molecule has 2 aliphatic heterocycles. The molecule has 0 aromatic carbocycles. The second kappa shape index (κ2) is 8.65. The molecule has 0 aliphatic carbocycles. The summed E-state index contributed by atoms with van der Waals surface area (Å²) in [7, 11) is 0. The second-order valence-corrected chi connectivity index (χ2v) is 5.77. The number of aliphatic hydroxyl groups excluding tert-OH is 5. The van der Waals surface area contributed by atoms with Crippen LogP contribution >= 0.6 is 0 Å². The Bertz CT molecular complexity index is 355. The van der Waals surface area contributed by atoms with Crippen molar-refractivity contribution in [3.8, 4) is 0 Å². The SMILES string of the molecule is CCO[C@@H]1C[C@@H](O)[C@H](O)C(CO[C@@H]2CC(O)[C@H](O)C(CO)O2)O1. The van der Waals surface area contributed by atoms with Gasteiger partial charge in [-0.15, -0.1) is 0 Å². The molecule has 23 heavy (non-hydrogen) atoms. The largest absolute Gasteiger partial charge is 0.394 e. The summed E-state index contributed by atoms with van der Waals surface area (Å²) in [5.74, 6) is 0. The predicted octanol–water partition coefficient (Wildman–Crippen LogP) is -2.29. The van der Waals surface area contributed by atoms with Crippen LogP contribution in [0.1, 0.15) is 19.8 Å². The maximum absolute atomic E-state index is 9.96.